The first-order chi connectivity index (χ1) is 6.15. The van der Waals surface area contributed by atoms with Crippen LogP contribution in [0.1, 0.15) is 16.3 Å². The van der Waals surface area contributed by atoms with E-state index in [0.29, 0.717) is 11.5 Å². The highest BCUT2D eigenvalue weighted by Crippen LogP contribution is 1.99. The van der Waals surface area contributed by atoms with Crippen molar-refractivity contribution in [1.29, 1.82) is 0 Å². The molecular weight excluding hydrogens is 170 g/mol. The van der Waals surface area contributed by atoms with Crippen molar-refractivity contribution in [3.63, 3.8) is 0 Å². The predicted octanol–water partition coefficient (Wildman–Crippen LogP) is 0.418. The van der Waals surface area contributed by atoms with Gasteiger partial charge in [-0.3, -0.25) is 9.63 Å². The zero-order valence-electron chi connectivity index (χ0n) is 7.81. The summed E-state index contributed by atoms with van der Waals surface area (Å²) >= 11 is 0. The van der Waals surface area contributed by atoms with Gasteiger partial charge in [0, 0.05) is 13.2 Å². The van der Waals surface area contributed by atoms with E-state index in [1.54, 1.807) is 19.2 Å². The summed E-state index contributed by atoms with van der Waals surface area (Å²) in [4.78, 5) is 24.0. The molecule has 0 radical (unpaired) electrons. The Bertz CT molecular complexity index is 314. The second-order valence-corrected chi connectivity index (χ2v) is 2.47. The third kappa shape index (κ3) is 2.22. The van der Waals surface area contributed by atoms with Gasteiger partial charge >= 0.3 is 0 Å². The van der Waals surface area contributed by atoms with Crippen LogP contribution in [0, 0.1) is 6.92 Å². The monoisotopic (exact) mass is 181 g/mol. The van der Waals surface area contributed by atoms with E-state index in [9.17, 15) is 4.79 Å². The summed E-state index contributed by atoms with van der Waals surface area (Å²) in [7, 11) is 2.95. The molecule has 0 aromatic carbocycles. The lowest BCUT2D eigenvalue weighted by molar-refractivity contribution is -0.0760. The quantitative estimate of drug-likeness (QED) is 0.620. The van der Waals surface area contributed by atoms with Crippen molar-refractivity contribution in [2.75, 3.05) is 14.2 Å². The molecule has 0 fully saturated rings. The average molecular weight is 181 g/mol. The second-order valence-electron chi connectivity index (χ2n) is 2.47. The van der Waals surface area contributed by atoms with Crippen molar-refractivity contribution in [3.05, 3.63) is 23.8 Å². The van der Waals surface area contributed by atoms with Crippen LogP contribution in [-0.4, -0.2) is 35.1 Å². The maximum atomic E-state index is 11.4. The van der Waals surface area contributed by atoms with E-state index in [1.807, 2.05) is 0 Å². The summed E-state index contributed by atoms with van der Waals surface area (Å²) in [5.74, 6) is 0.281. The Hall–Kier alpha value is -1.49. The van der Waals surface area contributed by atoms with Gasteiger partial charge in [-0.25, -0.2) is 15.0 Å². The first-order valence-corrected chi connectivity index (χ1v) is 3.77. The van der Waals surface area contributed by atoms with Gasteiger partial charge in [-0.1, -0.05) is 0 Å². The van der Waals surface area contributed by atoms with Crippen molar-refractivity contribution in [2.45, 2.75) is 6.92 Å². The van der Waals surface area contributed by atoms with Crippen LogP contribution < -0.4 is 0 Å². The number of aryl methyl sites for hydroxylation is 1. The predicted molar refractivity (Wildman–Crippen MR) is 45.9 cm³/mol. The van der Waals surface area contributed by atoms with Crippen LogP contribution in [0.5, 0.6) is 0 Å². The number of nitrogens with zero attached hydrogens (tertiary/aromatic N) is 3. The third-order valence-electron chi connectivity index (χ3n) is 1.56. The number of carbonyl (C=O) groups is 1. The highest BCUT2D eigenvalue weighted by atomic mass is 16.7. The molecule has 1 aromatic rings. The summed E-state index contributed by atoms with van der Waals surface area (Å²) < 4.78 is 0. The van der Waals surface area contributed by atoms with Crippen molar-refractivity contribution >= 4 is 5.91 Å². The van der Waals surface area contributed by atoms with Crippen LogP contribution in [-0.2, 0) is 4.84 Å². The number of amides is 1. The first kappa shape index (κ1) is 9.60. The number of rotatable bonds is 2. The summed E-state index contributed by atoms with van der Waals surface area (Å²) in [5.41, 5.74) is 0.330. The van der Waals surface area contributed by atoms with Crippen molar-refractivity contribution in [3.8, 4) is 0 Å². The molecule has 0 aliphatic carbocycles. The Morgan fingerprint density at radius 2 is 2.31 bits per heavy atom. The van der Waals surface area contributed by atoms with E-state index in [0.717, 1.165) is 5.06 Å². The molecule has 1 amide bonds. The van der Waals surface area contributed by atoms with Gasteiger partial charge in [0.2, 0.25) is 0 Å². The molecule has 0 bridgehead atoms. The molecule has 1 heterocycles. The molecule has 1 rings (SSSR count). The molecule has 0 spiro atoms. The van der Waals surface area contributed by atoms with Crippen molar-refractivity contribution in [2.24, 2.45) is 0 Å². The smallest absolute Gasteiger partial charge is 0.274 e. The topological polar surface area (TPSA) is 55.3 Å². The zero-order valence-corrected chi connectivity index (χ0v) is 7.81. The minimum atomic E-state index is -0.284. The van der Waals surface area contributed by atoms with E-state index in [1.165, 1.54) is 14.2 Å². The highest BCUT2D eigenvalue weighted by molar-refractivity contribution is 5.91. The van der Waals surface area contributed by atoms with E-state index in [-0.39, 0.29) is 5.91 Å². The fraction of sp³-hybridized carbons (Fsp3) is 0.375. The molecule has 0 saturated heterocycles. The first-order valence-electron chi connectivity index (χ1n) is 3.77. The van der Waals surface area contributed by atoms with Crippen LogP contribution in [0.25, 0.3) is 0 Å². The lowest BCUT2D eigenvalue weighted by Crippen LogP contribution is -2.26. The summed E-state index contributed by atoms with van der Waals surface area (Å²) in [6, 6.07) is 1.55. The molecule has 70 valence electrons. The van der Waals surface area contributed by atoms with Crippen LogP contribution >= 0.6 is 0 Å². The van der Waals surface area contributed by atoms with Crippen LogP contribution in [0.15, 0.2) is 12.3 Å². The normalized spacial score (nSPS) is 9.77. The minimum Gasteiger partial charge on any atom is -0.274 e. The van der Waals surface area contributed by atoms with Crippen LogP contribution in [0.3, 0.4) is 0 Å². The Balaban J connectivity index is 2.89. The molecular formula is C8H11N3O2. The second kappa shape index (κ2) is 3.95. The van der Waals surface area contributed by atoms with Gasteiger partial charge < -0.3 is 0 Å². The van der Waals surface area contributed by atoms with E-state index >= 15 is 0 Å². The summed E-state index contributed by atoms with van der Waals surface area (Å²) in [6.45, 7) is 1.73. The number of hydrogen-bond acceptors (Lipinski definition) is 4. The van der Waals surface area contributed by atoms with E-state index in [2.05, 4.69) is 9.97 Å². The van der Waals surface area contributed by atoms with Crippen LogP contribution in [0.2, 0.25) is 0 Å². The highest BCUT2D eigenvalue weighted by Gasteiger charge is 2.12. The molecule has 5 nitrogen and oxygen atoms in total. The maximum Gasteiger partial charge on any atom is 0.295 e. The molecule has 0 N–H and O–H groups in total. The minimum absolute atomic E-state index is 0.284. The van der Waals surface area contributed by atoms with Gasteiger partial charge in [-0.05, 0) is 13.0 Å². The molecule has 5 heteroatoms. The molecule has 1 aromatic heterocycles. The fourth-order valence-corrected chi connectivity index (χ4v) is 0.820. The molecule has 13 heavy (non-hydrogen) atoms. The molecule has 0 aliphatic heterocycles. The number of hydrogen-bond donors (Lipinski definition) is 0. The summed E-state index contributed by atoms with van der Waals surface area (Å²) in [5, 5.41) is 1.11. The Labute approximate surface area is 76.3 Å². The fourth-order valence-electron chi connectivity index (χ4n) is 0.820. The van der Waals surface area contributed by atoms with E-state index in [4.69, 9.17) is 4.84 Å². The largest absolute Gasteiger partial charge is 0.295 e. The average Bonchev–Trinajstić information content (AvgIpc) is 2.15. The SMILES string of the molecule is CON(C)C(=O)c1ccnc(C)n1. The maximum absolute atomic E-state index is 11.4. The van der Waals surface area contributed by atoms with E-state index < -0.39 is 0 Å². The van der Waals surface area contributed by atoms with Gasteiger partial charge in [0.1, 0.15) is 11.5 Å². The van der Waals surface area contributed by atoms with Crippen molar-refractivity contribution < 1.29 is 9.63 Å². The number of aromatic nitrogens is 2. The number of hydroxylamine groups is 2. The number of carbonyl (C=O) groups excluding carboxylic acids is 1. The lowest BCUT2D eigenvalue weighted by atomic mass is 10.4. The Kier molecular flexibility index (Phi) is 2.92. The van der Waals surface area contributed by atoms with Gasteiger partial charge in [0.05, 0.1) is 7.11 Å². The van der Waals surface area contributed by atoms with Gasteiger partial charge in [0.15, 0.2) is 0 Å². The lowest BCUT2D eigenvalue weighted by Gasteiger charge is -2.12. The van der Waals surface area contributed by atoms with Gasteiger partial charge in [-0.15, -0.1) is 0 Å². The molecule has 0 unspecified atom stereocenters. The molecule has 0 saturated carbocycles. The van der Waals surface area contributed by atoms with Crippen LogP contribution in [0.4, 0.5) is 0 Å². The standard InChI is InChI=1S/C8H11N3O2/c1-6-9-5-4-7(10-6)8(12)11(2)13-3/h4-5H,1-3H3. The molecule has 0 atom stereocenters. The summed E-state index contributed by atoms with van der Waals surface area (Å²) in [6.07, 6.45) is 1.54. The van der Waals surface area contributed by atoms with Crippen molar-refractivity contribution in [1.82, 2.24) is 15.0 Å². The zero-order chi connectivity index (χ0) is 9.84. The Morgan fingerprint density at radius 3 is 2.85 bits per heavy atom. The van der Waals surface area contributed by atoms with Gasteiger partial charge in [0.25, 0.3) is 5.91 Å². The third-order valence-corrected chi connectivity index (χ3v) is 1.56. The molecule has 0 aliphatic rings. The Morgan fingerprint density at radius 1 is 1.62 bits per heavy atom. The van der Waals surface area contributed by atoms with Gasteiger partial charge in [-0.2, -0.15) is 0 Å².